The summed E-state index contributed by atoms with van der Waals surface area (Å²) in [6.45, 7) is 0. The van der Waals surface area contributed by atoms with Crippen LogP contribution in [0.1, 0.15) is 11.1 Å². The maximum atomic E-state index is 4.37. The number of fused-ring (bicyclic) bond motifs is 6. The summed E-state index contributed by atoms with van der Waals surface area (Å²) in [5.74, 6) is 0. The second kappa shape index (κ2) is 8.67. The van der Waals surface area contributed by atoms with Gasteiger partial charge in [-0.25, -0.2) is 0 Å². The minimum Gasteiger partial charge on any atom is -0.309 e. The molecule has 0 aliphatic carbocycles. The molecule has 0 fully saturated rings. The molecule has 0 atom stereocenters. The van der Waals surface area contributed by atoms with E-state index in [1.807, 2.05) is 24.8 Å². The van der Waals surface area contributed by atoms with Gasteiger partial charge >= 0.3 is 0 Å². The lowest BCUT2D eigenvalue weighted by atomic mass is 10.0. The van der Waals surface area contributed by atoms with Crippen LogP contribution in [0.2, 0.25) is 0 Å². The van der Waals surface area contributed by atoms with E-state index in [4.69, 9.17) is 0 Å². The molecule has 0 bridgehead atoms. The first-order valence-electron chi connectivity index (χ1n) is 13.2. The van der Waals surface area contributed by atoms with Crippen molar-refractivity contribution in [2.24, 2.45) is 0 Å². The average molecular weight is 501 g/mol. The van der Waals surface area contributed by atoms with Crippen molar-refractivity contribution in [3.05, 3.63) is 145 Å². The summed E-state index contributed by atoms with van der Waals surface area (Å²) < 4.78 is 4.65. The fourth-order valence-corrected chi connectivity index (χ4v) is 5.95. The Kier molecular flexibility index (Phi) is 4.85. The summed E-state index contributed by atoms with van der Waals surface area (Å²) in [6, 6.07) is 39.1. The van der Waals surface area contributed by atoms with Crippen molar-refractivity contribution >= 4 is 43.6 Å². The van der Waals surface area contributed by atoms with Crippen LogP contribution < -0.4 is 0 Å². The number of hydrogen-bond acceptors (Lipinski definition) is 2. The van der Waals surface area contributed by atoms with Crippen LogP contribution in [-0.2, 0) is 6.42 Å². The Labute approximate surface area is 225 Å². The first kappa shape index (κ1) is 21.8. The zero-order valence-corrected chi connectivity index (χ0v) is 21.2. The van der Waals surface area contributed by atoms with Gasteiger partial charge in [-0.1, -0.05) is 60.7 Å². The fourth-order valence-electron chi connectivity index (χ4n) is 5.95. The van der Waals surface area contributed by atoms with Gasteiger partial charge < -0.3 is 9.13 Å². The Morgan fingerprint density at radius 3 is 1.28 bits per heavy atom. The Hall–Kier alpha value is -5.22. The highest BCUT2D eigenvalue weighted by Crippen LogP contribution is 2.33. The number of hydrogen-bond donors (Lipinski definition) is 0. The Bertz CT molecular complexity index is 1870. The lowest BCUT2D eigenvalue weighted by Crippen LogP contribution is -1.96. The largest absolute Gasteiger partial charge is 0.309 e. The maximum absolute atomic E-state index is 4.37. The summed E-state index contributed by atoms with van der Waals surface area (Å²) in [7, 11) is 0. The number of rotatable bonds is 4. The quantitative estimate of drug-likeness (QED) is 0.244. The van der Waals surface area contributed by atoms with Crippen LogP contribution in [0.5, 0.6) is 0 Å². The van der Waals surface area contributed by atoms with Crippen LogP contribution in [-0.4, -0.2) is 19.1 Å². The molecule has 8 aromatic rings. The van der Waals surface area contributed by atoms with E-state index in [0.29, 0.717) is 0 Å². The van der Waals surface area contributed by atoms with Crippen LogP contribution in [0.4, 0.5) is 0 Å². The molecule has 0 aliphatic rings. The molecule has 39 heavy (non-hydrogen) atoms. The molecule has 4 nitrogen and oxygen atoms in total. The van der Waals surface area contributed by atoms with Gasteiger partial charge in [-0.2, -0.15) is 0 Å². The van der Waals surface area contributed by atoms with Gasteiger partial charge in [0, 0.05) is 57.7 Å². The maximum Gasteiger partial charge on any atom is 0.0571 e. The van der Waals surface area contributed by atoms with Gasteiger partial charge in [0.25, 0.3) is 0 Å². The topological polar surface area (TPSA) is 35.6 Å². The first-order chi connectivity index (χ1) is 19.3. The molecule has 0 N–H and O–H groups in total. The molecule has 0 aliphatic heterocycles. The van der Waals surface area contributed by atoms with Gasteiger partial charge in [0.2, 0.25) is 0 Å². The second-order valence-corrected chi connectivity index (χ2v) is 10.0. The van der Waals surface area contributed by atoms with E-state index in [2.05, 4.69) is 128 Å². The first-order valence-corrected chi connectivity index (χ1v) is 13.2. The van der Waals surface area contributed by atoms with Gasteiger partial charge in [0.15, 0.2) is 0 Å². The third kappa shape index (κ3) is 3.46. The van der Waals surface area contributed by atoms with Crippen molar-refractivity contribution in [1.82, 2.24) is 19.1 Å². The van der Waals surface area contributed by atoms with E-state index in [1.54, 1.807) is 0 Å². The molecule has 0 unspecified atom stereocenters. The number of nitrogens with zero attached hydrogens (tertiary/aromatic N) is 4. The predicted octanol–water partition coefficient (Wildman–Crippen LogP) is 8.26. The average Bonchev–Trinajstić information content (AvgIpc) is 3.51. The molecule has 4 heterocycles. The van der Waals surface area contributed by atoms with Crippen LogP contribution in [0, 0.1) is 0 Å². The predicted molar refractivity (Wildman–Crippen MR) is 160 cm³/mol. The molecule has 8 rings (SSSR count). The van der Waals surface area contributed by atoms with Crippen molar-refractivity contribution in [3.63, 3.8) is 0 Å². The minimum absolute atomic E-state index is 0.884. The number of para-hydroxylation sites is 2. The normalized spacial score (nSPS) is 11.7. The molecular formula is C35H24N4. The van der Waals surface area contributed by atoms with E-state index in [1.165, 1.54) is 54.7 Å². The van der Waals surface area contributed by atoms with Crippen molar-refractivity contribution in [2.75, 3.05) is 0 Å². The van der Waals surface area contributed by atoms with Gasteiger partial charge in [0.1, 0.15) is 0 Å². The zero-order chi connectivity index (χ0) is 25.8. The Morgan fingerprint density at radius 2 is 0.821 bits per heavy atom. The van der Waals surface area contributed by atoms with Crippen molar-refractivity contribution in [1.29, 1.82) is 0 Å². The fraction of sp³-hybridized carbons (Fsp3) is 0.0286. The summed E-state index contributed by atoms with van der Waals surface area (Å²) >= 11 is 0. The van der Waals surface area contributed by atoms with E-state index < -0.39 is 0 Å². The summed E-state index contributed by atoms with van der Waals surface area (Å²) in [5.41, 5.74) is 9.65. The second-order valence-electron chi connectivity index (χ2n) is 10.0. The zero-order valence-electron chi connectivity index (χ0n) is 21.2. The van der Waals surface area contributed by atoms with Gasteiger partial charge in [0.05, 0.1) is 22.1 Å². The van der Waals surface area contributed by atoms with E-state index in [0.717, 1.165) is 17.8 Å². The summed E-state index contributed by atoms with van der Waals surface area (Å²) in [6.07, 6.45) is 8.54. The highest BCUT2D eigenvalue weighted by molar-refractivity contribution is 6.09. The lowest BCUT2D eigenvalue weighted by Gasteiger charge is -2.11. The Balaban J connectivity index is 1.12. The van der Waals surface area contributed by atoms with Crippen LogP contribution in [0.25, 0.3) is 55.0 Å². The van der Waals surface area contributed by atoms with Gasteiger partial charge in [-0.15, -0.1) is 0 Å². The lowest BCUT2D eigenvalue weighted by molar-refractivity contribution is 1.13. The standard InChI is InChI=1S/C35H24N4/c1-3-7-32-28(5-1)30-22-36-19-17-34(30)38(32)26-13-9-24(10-14-26)21-25-11-15-27(16-12-25)39-33-8-4-2-6-29(33)31-23-37-20-18-35(31)39/h1-20,22-23H,21H2. The molecule has 184 valence electrons. The smallest absolute Gasteiger partial charge is 0.0571 e. The SMILES string of the molecule is c1ccc2c(c1)c1cnccc1n2-c1ccc(Cc2ccc(-n3c4ccccc4c4cnccc43)cc2)cc1. The monoisotopic (exact) mass is 500 g/mol. The molecular weight excluding hydrogens is 476 g/mol. The van der Waals surface area contributed by atoms with Crippen molar-refractivity contribution in [3.8, 4) is 11.4 Å². The van der Waals surface area contributed by atoms with Gasteiger partial charge in [-0.05, 0) is 66.1 Å². The summed E-state index contributed by atoms with van der Waals surface area (Å²) in [4.78, 5) is 8.73. The van der Waals surface area contributed by atoms with Crippen LogP contribution >= 0.6 is 0 Å². The molecule has 4 aromatic heterocycles. The number of pyridine rings is 2. The minimum atomic E-state index is 0.884. The van der Waals surface area contributed by atoms with Gasteiger partial charge in [-0.3, -0.25) is 9.97 Å². The highest BCUT2D eigenvalue weighted by Gasteiger charge is 2.13. The molecule has 0 amide bonds. The summed E-state index contributed by atoms with van der Waals surface area (Å²) in [5, 5.41) is 4.81. The van der Waals surface area contributed by atoms with Crippen LogP contribution in [0.15, 0.2) is 134 Å². The molecule has 0 saturated heterocycles. The molecule has 4 heteroatoms. The van der Waals surface area contributed by atoms with E-state index in [9.17, 15) is 0 Å². The molecule has 0 saturated carbocycles. The third-order valence-electron chi connectivity index (χ3n) is 7.75. The number of aromatic nitrogens is 4. The molecule has 4 aromatic carbocycles. The molecule has 0 radical (unpaired) electrons. The van der Waals surface area contributed by atoms with Crippen LogP contribution in [0.3, 0.4) is 0 Å². The molecule has 0 spiro atoms. The van der Waals surface area contributed by atoms with Crippen molar-refractivity contribution in [2.45, 2.75) is 6.42 Å². The van der Waals surface area contributed by atoms with E-state index in [-0.39, 0.29) is 0 Å². The Morgan fingerprint density at radius 1 is 0.410 bits per heavy atom. The van der Waals surface area contributed by atoms with Crippen molar-refractivity contribution < 1.29 is 0 Å². The number of benzene rings is 4. The highest BCUT2D eigenvalue weighted by atomic mass is 15.0. The third-order valence-corrected chi connectivity index (χ3v) is 7.75. The van der Waals surface area contributed by atoms with E-state index >= 15 is 0 Å².